The molecule has 0 bridgehead atoms. The van der Waals surface area contributed by atoms with Crippen molar-refractivity contribution >= 4 is 40.7 Å². The van der Waals surface area contributed by atoms with Crippen molar-refractivity contribution in [2.45, 2.75) is 5.22 Å². The first kappa shape index (κ1) is 17.0. The van der Waals surface area contributed by atoms with E-state index < -0.39 is 0 Å². The van der Waals surface area contributed by atoms with E-state index in [0.29, 0.717) is 21.2 Å². The standard InChI is InChI=1S/C16H9Cl2FN2O2S/c17-10-3-6-12(13(18)7-10)15-20-21-16(23-15)24-8-14(22)9-1-4-11(19)5-2-9/h1-7H,8H2. The number of carbonyl (C=O) groups excluding carboxylic acids is 1. The van der Waals surface area contributed by atoms with E-state index in [-0.39, 0.29) is 28.5 Å². The summed E-state index contributed by atoms with van der Waals surface area (Å²) in [5.74, 6) is -0.208. The van der Waals surface area contributed by atoms with E-state index >= 15 is 0 Å². The van der Waals surface area contributed by atoms with Gasteiger partial charge in [0.15, 0.2) is 5.78 Å². The van der Waals surface area contributed by atoms with Gasteiger partial charge in [0.1, 0.15) is 5.82 Å². The molecule has 2 aromatic carbocycles. The number of carbonyl (C=O) groups is 1. The molecule has 0 aliphatic carbocycles. The summed E-state index contributed by atoms with van der Waals surface area (Å²) < 4.78 is 18.4. The number of thioether (sulfide) groups is 1. The van der Waals surface area contributed by atoms with Crippen molar-refractivity contribution in [2.24, 2.45) is 0 Å². The summed E-state index contributed by atoms with van der Waals surface area (Å²) in [5, 5.41) is 8.93. The number of aromatic nitrogens is 2. The smallest absolute Gasteiger partial charge is 0.277 e. The Bertz CT molecular complexity index is 884. The zero-order valence-electron chi connectivity index (χ0n) is 12.0. The van der Waals surface area contributed by atoms with Crippen molar-refractivity contribution in [2.75, 3.05) is 5.75 Å². The summed E-state index contributed by atoms with van der Waals surface area (Å²) in [7, 11) is 0. The number of halogens is 3. The molecule has 122 valence electrons. The van der Waals surface area contributed by atoms with Gasteiger partial charge in [-0.05, 0) is 42.5 Å². The van der Waals surface area contributed by atoms with Crippen LogP contribution in [0.3, 0.4) is 0 Å². The third-order valence-electron chi connectivity index (χ3n) is 3.06. The van der Waals surface area contributed by atoms with E-state index in [1.54, 1.807) is 18.2 Å². The van der Waals surface area contributed by atoms with Crippen LogP contribution in [-0.2, 0) is 0 Å². The maximum Gasteiger partial charge on any atom is 0.277 e. The van der Waals surface area contributed by atoms with E-state index in [1.807, 2.05) is 0 Å². The minimum Gasteiger partial charge on any atom is -0.411 e. The predicted molar refractivity (Wildman–Crippen MR) is 91.2 cm³/mol. The van der Waals surface area contributed by atoms with Gasteiger partial charge in [0, 0.05) is 10.6 Å². The van der Waals surface area contributed by atoms with Gasteiger partial charge in [-0.25, -0.2) is 4.39 Å². The van der Waals surface area contributed by atoms with E-state index in [1.165, 1.54) is 24.3 Å². The van der Waals surface area contributed by atoms with Gasteiger partial charge in [-0.15, -0.1) is 10.2 Å². The molecular formula is C16H9Cl2FN2O2S. The minimum absolute atomic E-state index is 0.0988. The molecule has 0 radical (unpaired) electrons. The zero-order valence-corrected chi connectivity index (χ0v) is 14.3. The van der Waals surface area contributed by atoms with Crippen LogP contribution in [0.25, 0.3) is 11.5 Å². The van der Waals surface area contributed by atoms with Gasteiger partial charge in [0.25, 0.3) is 5.22 Å². The molecule has 3 aromatic rings. The first-order chi connectivity index (χ1) is 11.5. The van der Waals surface area contributed by atoms with E-state index in [9.17, 15) is 9.18 Å². The van der Waals surface area contributed by atoms with Crippen molar-refractivity contribution < 1.29 is 13.6 Å². The fourth-order valence-corrected chi connectivity index (χ4v) is 3.03. The molecule has 4 nitrogen and oxygen atoms in total. The van der Waals surface area contributed by atoms with Crippen LogP contribution in [0.1, 0.15) is 10.4 Å². The lowest BCUT2D eigenvalue weighted by molar-refractivity contribution is 0.102. The van der Waals surface area contributed by atoms with Gasteiger partial charge in [0.2, 0.25) is 5.89 Å². The summed E-state index contributed by atoms with van der Waals surface area (Å²) in [6.07, 6.45) is 0. The maximum atomic E-state index is 12.9. The molecular weight excluding hydrogens is 374 g/mol. The Labute approximate surface area is 151 Å². The van der Waals surface area contributed by atoms with Gasteiger partial charge < -0.3 is 4.42 Å². The van der Waals surface area contributed by atoms with Crippen molar-refractivity contribution in [3.8, 4) is 11.5 Å². The number of hydrogen-bond donors (Lipinski definition) is 0. The van der Waals surface area contributed by atoms with Crippen molar-refractivity contribution in [1.29, 1.82) is 0 Å². The second kappa shape index (κ2) is 7.34. The van der Waals surface area contributed by atoms with Gasteiger partial charge in [0.05, 0.1) is 16.3 Å². The van der Waals surface area contributed by atoms with Crippen LogP contribution in [0.5, 0.6) is 0 Å². The third-order valence-corrected chi connectivity index (χ3v) is 4.43. The zero-order chi connectivity index (χ0) is 17.1. The third kappa shape index (κ3) is 3.95. The van der Waals surface area contributed by atoms with Crippen molar-refractivity contribution in [3.63, 3.8) is 0 Å². The Morgan fingerprint density at radius 3 is 2.58 bits per heavy atom. The number of Topliss-reactive ketones (excluding diaryl/α,β-unsaturated/α-hetero) is 1. The lowest BCUT2D eigenvalue weighted by atomic mass is 10.1. The number of benzene rings is 2. The molecule has 0 atom stereocenters. The van der Waals surface area contributed by atoms with Gasteiger partial charge in [-0.2, -0.15) is 0 Å². The monoisotopic (exact) mass is 382 g/mol. The Balaban J connectivity index is 1.68. The Morgan fingerprint density at radius 2 is 1.88 bits per heavy atom. The molecule has 0 aliphatic rings. The molecule has 0 amide bonds. The summed E-state index contributed by atoms with van der Waals surface area (Å²) in [6, 6.07) is 10.3. The van der Waals surface area contributed by atoms with Gasteiger partial charge >= 0.3 is 0 Å². The van der Waals surface area contributed by atoms with Crippen LogP contribution in [0.15, 0.2) is 52.1 Å². The lowest BCUT2D eigenvalue weighted by Gasteiger charge is -1.99. The lowest BCUT2D eigenvalue weighted by Crippen LogP contribution is -2.02. The molecule has 0 N–H and O–H groups in total. The second-order valence-electron chi connectivity index (χ2n) is 4.72. The van der Waals surface area contributed by atoms with Crippen LogP contribution < -0.4 is 0 Å². The topological polar surface area (TPSA) is 56.0 Å². The predicted octanol–water partition coefficient (Wildman–Crippen LogP) is 5.16. The van der Waals surface area contributed by atoms with E-state index in [2.05, 4.69) is 10.2 Å². The molecule has 0 fully saturated rings. The van der Waals surface area contributed by atoms with Gasteiger partial charge in [-0.1, -0.05) is 35.0 Å². The van der Waals surface area contributed by atoms with E-state index in [4.69, 9.17) is 27.6 Å². The quantitative estimate of drug-likeness (QED) is 0.450. The normalized spacial score (nSPS) is 10.8. The minimum atomic E-state index is -0.388. The second-order valence-corrected chi connectivity index (χ2v) is 6.49. The van der Waals surface area contributed by atoms with Gasteiger partial charge in [-0.3, -0.25) is 4.79 Å². The van der Waals surface area contributed by atoms with Crippen LogP contribution in [0.2, 0.25) is 10.0 Å². The molecule has 1 heterocycles. The Kier molecular flexibility index (Phi) is 5.18. The number of ketones is 1. The molecule has 0 saturated heterocycles. The average molecular weight is 383 g/mol. The number of hydrogen-bond acceptors (Lipinski definition) is 5. The fourth-order valence-electron chi connectivity index (χ4n) is 1.89. The number of rotatable bonds is 5. The molecule has 8 heteroatoms. The summed E-state index contributed by atoms with van der Waals surface area (Å²) in [4.78, 5) is 12.0. The first-order valence-electron chi connectivity index (χ1n) is 6.73. The maximum absolute atomic E-state index is 12.9. The van der Waals surface area contributed by atoms with Crippen molar-refractivity contribution in [3.05, 3.63) is 63.9 Å². The number of nitrogens with zero attached hydrogens (tertiary/aromatic N) is 2. The SMILES string of the molecule is O=C(CSc1nnc(-c2ccc(Cl)cc2Cl)o1)c1ccc(F)cc1. The highest BCUT2D eigenvalue weighted by Gasteiger charge is 2.14. The largest absolute Gasteiger partial charge is 0.411 e. The molecule has 3 rings (SSSR count). The van der Waals surface area contributed by atoms with Crippen LogP contribution in [0.4, 0.5) is 4.39 Å². The highest BCUT2D eigenvalue weighted by atomic mass is 35.5. The van der Waals surface area contributed by atoms with Crippen LogP contribution >= 0.6 is 35.0 Å². The molecule has 0 unspecified atom stereocenters. The van der Waals surface area contributed by atoms with E-state index in [0.717, 1.165) is 11.8 Å². The summed E-state index contributed by atoms with van der Waals surface area (Å²) >= 11 is 13.0. The summed E-state index contributed by atoms with van der Waals surface area (Å²) in [6.45, 7) is 0. The molecule has 24 heavy (non-hydrogen) atoms. The molecule has 1 aromatic heterocycles. The van der Waals surface area contributed by atoms with Crippen molar-refractivity contribution in [1.82, 2.24) is 10.2 Å². The average Bonchev–Trinajstić information content (AvgIpc) is 3.02. The van der Waals surface area contributed by atoms with Crippen LogP contribution in [0, 0.1) is 5.82 Å². The Morgan fingerprint density at radius 1 is 1.12 bits per heavy atom. The molecule has 0 aliphatic heterocycles. The highest BCUT2D eigenvalue weighted by Crippen LogP contribution is 2.31. The summed E-state index contributed by atoms with van der Waals surface area (Å²) in [5.41, 5.74) is 0.981. The first-order valence-corrected chi connectivity index (χ1v) is 8.47. The molecule has 0 spiro atoms. The Hall–Kier alpha value is -1.89. The van der Waals surface area contributed by atoms with Crippen LogP contribution in [-0.4, -0.2) is 21.7 Å². The fraction of sp³-hybridized carbons (Fsp3) is 0.0625. The molecule has 0 saturated carbocycles. The highest BCUT2D eigenvalue weighted by molar-refractivity contribution is 7.99.